The minimum Gasteiger partial charge on any atom is -0.381 e. The van der Waals surface area contributed by atoms with E-state index >= 15 is 0 Å². The molecule has 0 radical (unpaired) electrons. The number of nitrogens with one attached hydrogen (secondary N) is 1. The molecule has 32 heavy (non-hydrogen) atoms. The zero-order valence-corrected chi connectivity index (χ0v) is 20.7. The summed E-state index contributed by atoms with van der Waals surface area (Å²) in [6.07, 6.45) is 3.10. The Morgan fingerprint density at radius 3 is 2.44 bits per heavy atom. The van der Waals surface area contributed by atoms with E-state index < -0.39 is 37.4 Å². The van der Waals surface area contributed by atoms with Gasteiger partial charge in [0.2, 0.25) is 12.1 Å². The number of hydrogen-bond donors (Lipinski definition) is 1. The smallest absolute Gasteiger partial charge is 0.243 e. The van der Waals surface area contributed by atoms with Crippen LogP contribution in [0.2, 0.25) is 0 Å². The van der Waals surface area contributed by atoms with E-state index in [1.54, 1.807) is 0 Å². The van der Waals surface area contributed by atoms with Crippen LogP contribution in [0, 0.1) is 5.41 Å². The zero-order valence-electron chi connectivity index (χ0n) is 19.9. The molecule has 3 aliphatic heterocycles. The van der Waals surface area contributed by atoms with E-state index in [9.17, 15) is 13.2 Å². The molecule has 10 heteroatoms. The van der Waals surface area contributed by atoms with Gasteiger partial charge in [-0.15, -0.1) is 0 Å². The van der Waals surface area contributed by atoms with Crippen LogP contribution in [0.4, 0.5) is 0 Å². The van der Waals surface area contributed by atoms with Crippen LogP contribution in [-0.2, 0) is 33.7 Å². The lowest BCUT2D eigenvalue weighted by Gasteiger charge is -2.35. The molecule has 184 valence electrons. The summed E-state index contributed by atoms with van der Waals surface area (Å²) >= 11 is 0. The molecule has 0 aliphatic carbocycles. The van der Waals surface area contributed by atoms with E-state index in [-0.39, 0.29) is 12.4 Å². The molecule has 9 nitrogen and oxygen atoms in total. The van der Waals surface area contributed by atoms with Gasteiger partial charge in [0.25, 0.3) is 0 Å². The first-order valence-electron chi connectivity index (χ1n) is 11.6. The maximum absolute atomic E-state index is 13.1. The average molecular weight is 475 g/mol. The quantitative estimate of drug-likeness (QED) is 0.575. The van der Waals surface area contributed by atoms with Crippen LogP contribution in [0.25, 0.3) is 0 Å². The van der Waals surface area contributed by atoms with Crippen LogP contribution in [0.15, 0.2) is 5.16 Å². The van der Waals surface area contributed by atoms with E-state index in [4.69, 9.17) is 19.0 Å². The minimum absolute atomic E-state index is 0.173. The maximum atomic E-state index is 13.1. The van der Waals surface area contributed by atoms with E-state index in [2.05, 4.69) is 10.5 Å². The van der Waals surface area contributed by atoms with E-state index in [0.717, 1.165) is 25.0 Å². The maximum Gasteiger partial charge on any atom is 0.243 e. The van der Waals surface area contributed by atoms with Crippen molar-refractivity contribution in [3.8, 4) is 0 Å². The van der Waals surface area contributed by atoms with Gasteiger partial charge >= 0.3 is 0 Å². The molecule has 3 atom stereocenters. The van der Waals surface area contributed by atoms with Crippen LogP contribution in [0.5, 0.6) is 0 Å². The topological polar surface area (TPSA) is 113 Å². The van der Waals surface area contributed by atoms with Gasteiger partial charge < -0.3 is 24.4 Å². The van der Waals surface area contributed by atoms with Gasteiger partial charge in [-0.2, -0.15) is 0 Å². The van der Waals surface area contributed by atoms with Crippen LogP contribution in [0.3, 0.4) is 0 Å². The summed E-state index contributed by atoms with van der Waals surface area (Å²) in [6.45, 7) is 10.4. The van der Waals surface area contributed by atoms with Crippen molar-refractivity contribution in [1.29, 1.82) is 0 Å². The Morgan fingerprint density at radius 1 is 1.12 bits per heavy atom. The number of carbonyl (C=O) groups is 1. The van der Waals surface area contributed by atoms with E-state index in [1.165, 1.54) is 13.8 Å². The summed E-state index contributed by atoms with van der Waals surface area (Å²) in [5, 5.41) is 6.36. The third-order valence-corrected chi connectivity index (χ3v) is 10.0. The Hall–Kier alpha value is -1.23. The Balaban J connectivity index is 1.57. The number of hydrogen-bond acceptors (Lipinski definition) is 8. The second kappa shape index (κ2) is 9.95. The molecule has 2 saturated heterocycles. The Kier molecular flexibility index (Phi) is 7.89. The fourth-order valence-corrected chi connectivity index (χ4v) is 6.10. The number of oxime groups is 1. The molecule has 0 spiro atoms. The van der Waals surface area contributed by atoms with Crippen LogP contribution < -0.4 is 5.32 Å². The lowest BCUT2D eigenvalue weighted by Crippen LogP contribution is -2.54. The monoisotopic (exact) mass is 474 g/mol. The van der Waals surface area contributed by atoms with Gasteiger partial charge in [-0.3, -0.25) is 4.79 Å². The lowest BCUT2D eigenvalue weighted by atomic mass is 9.80. The Morgan fingerprint density at radius 2 is 1.81 bits per heavy atom. The summed E-state index contributed by atoms with van der Waals surface area (Å²) in [5.41, 5.74) is 0.320. The molecule has 1 N–H and O–H groups in total. The van der Waals surface area contributed by atoms with E-state index in [0.29, 0.717) is 39.1 Å². The molecule has 0 aromatic carbocycles. The molecule has 2 fully saturated rings. The van der Waals surface area contributed by atoms with Gasteiger partial charge in [-0.1, -0.05) is 19.0 Å². The third kappa shape index (κ3) is 5.29. The molecule has 0 bridgehead atoms. The fourth-order valence-electron chi connectivity index (χ4n) is 4.14. The van der Waals surface area contributed by atoms with Crippen molar-refractivity contribution in [2.24, 2.45) is 10.6 Å². The highest BCUT2D eigenvalue weighted by atomic mass is 32.2. The van der Waals surface area contributed by atoms with E-state index in [1.807, 2.05) is 20.8 Å². The van der Waals surface area contributed by atoms with Gasteiger partial charge in [0.1, 0.15) is 4.75 Å². The summed E-state index contributed by atoms with van der Waals surface area (Å²) in [5.74, 6) is -0.580. The predicted molar refractivity (Wildman–Crippen MR) is 120 cm³/mol. The first kappa shape index (κ1) is 25.4. The van der Waals surface area contributed by atoms with Gasteiger partial charge in [0.05, 0.1) is 17.1 Å². The first-order chi connectivity index (χ1) is 15.0. The number of sulfone groups is 1. The largest absolute Gasteiger partial charge is 0.381 e. The second-order valence-electron chi connectivity index (χ2n) is 9.97. The van der Waals surface area contributed by atoms with Crippen LogP contribution in [-0.4, -0.2) is 68.5 Å². The van der Waals surface area contributed by atoms with Gasteiger partial charge in [-0.05, 0) is 52.9 Å². The summed E-state index contributed by atoms with van der Waals surface area (Å²) in [6, 6.07) is 0. The molecule has 1 amide bonds. The molecule has 3 heterocycles. The van der Waals surface area contributed by atoms with Crippen LogP contribution >= 0.6 is 0 Å². The first-order valence-corrected chi connectivity index (χ1v) is 13.1. The van der Waals surface area contributed by atoms with Crippen molar-refractivity contribution in [1.82, 2.24) is 5.32 Å². The van der Waals surface area contributed by atoms with Crippen molar-refractivity contribution in [3.63, 3.8) is 0 Å². The minimum atomic E-state index is -3.69. The fraction of sp³-hybridized carbons (Fsp3) is 0.909. The predicted octanol–water partition coefficient (Wildman–Crippen LogP) is 2.54. The normalized spacial score (nSPS) is 26.8. The molecule has 3 aliphatic rings. The summed E-state index contributed by atoms with van der Waals surface area (Å²) < 4.78 is 41.7. The molecule has 2 unspecified atom stereocenters. The van der Waals surface area contributed by atoms with Crippen molar-refractivity contribution in [3.05, 3.63) is 0 Å². The standard InChI is InChI=1S/C22H38N2O7S/c1-15(30-19-8-6-7-11-29-19)21(2,3)17-14-18(31-24-17)23-20(25)22(4,5)32(26,27)16-9-12-28-13-10-16/h15-16,18-19H,6-14H2,1-5H3,(H,23,25)/t15-,18?,19?/m0/s1. The number of rotatable bonds is 8. The molecular formula is C22H38N2O7S. The molecule has 0 aromatic heterocycles. The highest BCUT2D eigenvalue weighted by Gasteiger charge is 2.48. The number of carbonyl (C=O) groups excluding carboxylic acids is 1. The third-order valence-electron chi connectivity index (χ3n) is 7.08. The van der Waals surface area contributed by atoms with Crippen molar-refractivity contribution < 1.29 is 32.3 Å². The van der Waals surface area contributed by atoms with Crippen molar-refractivity contribution >= 4 is 21.5 Å². The average Bonchev–Trinajstić information content (AvgIpc) is 3.24. The summed E-state index contributed by atoms with van der Waals surface area (Å²) in [7, 11) is -3.69. The SMILES string of the molecule is C[C@H](OC1CCCCO1)C(C)(C)C1=NOC(NC(=O)C(C)(C)S(=O)(=O)C2CCOCC2)C1. The van der Waals surface area contributed by atoms with Crippen molar-refractivity contribution in [2.45, 2.75) is 102 Å². The summed E-state index contributed by atoms with van der Waals surface area (Å²) in [4.78, 5) is 18.4. The molecule has 0 aromatic rings. The lowest BCUT2D eigenvalue weighted by molar-refractivity contribution is -0.197. The highest BCUT2D eigenvalue weighted by Crippen LogP contribution is 2.33. The van der Waals surface area contributed by atoms with Gasteiger partial charge in [0, 0.05) is 31.7 Å². The molecule has 0 saturated carbocycles. The second-order valence-corrected chi connectivity index (χ2v) is 12.8. The Labute approximate surface area is 191 Å². The van der Waals surface area contributed by atoms with Crippen LogP contribution in [0.1, 0.15) is 73.1 Å². The van der Waals surface area contributed by atoms with Crippen molar-refractivity contribution in [2.75, 3.05) is 19.8 Å². The number of ether oxygens (including phenoxy) is 3. The Bertz CT molecular complexity index is 797. The number of amides is 1. The van der Waals surface area contributed by atoms with Gasteiger partial charge in [0.15, 0.2) is 16.1 Å². The number of nitrogens with zero attached hydrogens (tertiary/aromatic N) is 1. The van der Waals surface area contributed by atoms with Gasteiger partial charge in [-0.25, -0.2) is 8.42 Å². The zero-order chi connectivity index (χ0) is 23.6. The highest BCUT2D eigenvalue weighted by molar-refractivity contribution is 7.94. The molecular weight excluding hydrogens is 436 g/mol. The molecule has 3 rings (SSSR count).